The largest absolute Gasteiger partial charge is 0.326 e. The molecule has 2 N–H and O–H groups in total. The number of benzene rings is 2. The van der Waals surface area contributed by atoms with Gasteiger partial charge >= 0.3 is 0 Å². The van der Waals surface area contributed by atoms with Gasteiger partial charge in [0.1, 0.15) is 0 Å². The van der Waals surface area contributed by atoms with Crippen molar-refractivity contribution < 1.29 is 9.59 Å². The maximum Gasteiger partial charge on any atom is 0.224 e. The molecule has 22 heavy (non-hydrogen) atoms. The van der Waals surface area contributed by atoms with Crippen molar-refractivity contribution in [2.24, 2.45) is 0 Å². The zero-order valence-electron chi connectivity index (χ0n) is 12.8. The summed E-state index contributed by atoms with van der Waals surface area (Å²) in [6.45, 7) is 3.49. The average molecular weight is 296 g/mol. The van der Waals surface area contributed by atoms with Crippen molar-refractivity contribution in [1.29, 1.82) is 0 Å². The summed E-state index contributed by atoms with van der Waals surface area (Å²) in [7, 11) is 0. The first-order valence-electron chi connectivity index (χ1n) is 7.26. The van der Waals surface area contributed by atoms with Gasteiger partial charge < -0.3 is 10.6 Å². The molecule has 0 radical (unpaired) electrons. The predicted molar refractivity (Wildman–Crippen MR) is 88.9 cm³/mol. The third kappa shape index (κ3) is 5.05. The van der Waals surface area contributed by atoms with Crippen molar-refractivity contribution in [3.63, 3.8) is 0 Å². The quantitative estimate of drug-likeness (QED) is 0.887. The van der Waals surface area contributed by atoms with Crippen molar-refractivity contribution in [2.75, 3.05) is 10.6 Å². The monoisotopic (exact) mass is 296 g/mol. The lowest BCUT2D eigenvalue weighted by atomic mass is 10.1. The Kier molecular flexibility index (Phi) is 5.31. The number of aryl methyl sites for hydroxylation is 2. The van der Waals surface area contributed by atoms with Gasteiger partial charge in [-0.25, -0.2) is 0 Å². The average Bonchev–Trinajstić information content (AvgIpc) is 2.46. The predicted octanol–water partition coefficient (Wildman–Crippen LogP) is 3.52. The number of carbonyl (C=O) groups excluding carboxylic acids is 2. The van der Waals surface area contributed by atoms with E-state index in [0.29, 0.717) is 24.2 Å². The molecular formula is C18H20N2O2. The Morgan fingerprint density at radius 1 is 0.955 bits per heavy atom. The number of carbonyl (C=O) groups is 2. The summed E-state index contributed by atoms with van der Waals surface area (Å²) < 4.78 is 0. The molecule has 0 fully saturated rings. The summed E-state index contributed by atoms with van der Waals surface area (Å²) in [6.07, 6.45) is 1.13. The molecule has 0 aromatic heterocycles. The van der Waals surface area contributed by atoms with E-state index in [-0.39, 0.29) is 11.8 Å². The first-order valence-corrected chi connectivity index (χ1v) is 7.26. The fourth-order valence-electron chi connectivity index (χ4n) is 2.11. The highest BCUT2D eigenvalue weighted by molar-refractivity contribution is 5.93. The smallest absolute Gasteiger partial charge is 0.224 e. The Morgan fingerprint density at radius 2 is 1.59 bits per heavy atom. The van der Waals surface area contributed by atoms with Crippen LogP contribution in [0.5, 0.6) is 0 Å². The van der Waals surface area contributed by atoms with Gasteiger partial charge in [-0.3, -0.25) is 9.59 Å². The first kappa shape index (κ1) is 15.8. The second kappa shape index (κ2) is 7.41. The summed E-state index contributed by atoms with van der Waals surface area (Å²) in [4.78, 5) is 23.0. The number of hydrogen-bond donors (Lipinski definition) is 2. The standard InChI is InChI=1S/C18H20N2O2/c1-13-6-8-15(9-7-13)10-11-18(22)20-17-5-3-4-16(12-17)19-14(2)21/h3-9,12H,10-11H2,1-2H3,(H,19,21)(H,20,22). The van der Waals surface area contributed by atoms with Crippen LogP contribution in [0.4, 0.5) is 11.4 Å². The normalized spacial score (nSPS) is 10.1. The molecule has 0 bridgehead atoms. The van der Waals surface area contributed by atoms with Crippen LogP contribution in [0.15, 0.2) is 48.5 Å². The molecule has 0 saturated carbocycles. The molecule has 0 heterocycles. The van der Waals surface area contributed by atoms with Crippen molar-refractivity contribution >= 4 is 23.2 Å². The molecule has 0 saturated heterocycles. The Balaban J connectivity index is 1.89. The molecule has 0 aliphatic carbocycles. The Morgan fingerprint density at radius 3 is 2.23 bits per heavy atom. The number of nitrogens with one attached hydrogen (secondary N) is 2. The molecule has 0 aliphatic heterocycles. The van der Waals surface area contributed by atoms with Crippen LogP contribution in [0, 0.1) is 6.92 Å². The topological polar surface area (TPSA) is 58.2 Å². The Labute approximate surface area is 130 Å². The van der Waals surface area contributed by atoms with Gasteiger partial charge in [-0.1, -0.05) is 35.9 Å². The van der Waals surface area contributed by atoms with Gasteiger partial charge in [0, 0.05) is 24.7 Å². The van der Waals surface area contributed by atoms with Crippen LogP contribution in [0.2, 0.25) is 0 Å². The van der Waals surface area contributed by atoms with Crippen LogP contribution in [0.25, 0.3) is 0 Å². The van der Waals surface area contributed by atoms with Crippen LogP contribution in [-0.4, -0.2) is 11.8 Å². The number of rotatable bonds is 5. The van der Waals surface area contributed by atoms with E-state index in [1.165, 1.54) is 12.5 Å². The molecule has 2 aromatic carbocycles. The lowest BCUT2D eigenvalue weighted by molar-refractivity contribution is -0.116. The van der Waals surface area contributed by atoms with E-state index < -0.39 is 0 Å². The summed E-state index contributed by atoms with van der Waals surface area (Å²) in [5.41, 5.74) is 3.71. The number of amides is 2. The van der Waals surface area contributed by atoms with Gasteiger partial charge in [0.05, 0.1) is 0 Å². The third-order valence-corrected chi connectivity index (χ3v) is 3.23. The first-order chi connectivity index (χ1) is 10.5. The van der Waals surface area contributed by atoms with Crippen LogP contribution >= 0.6 is 0 Å². The van der Waals surface area contributed by atoms with Gasteiger partial charge in [0.15, 0.2) is 0 Å². The second-order valence-electron chi connectivity index (χ2n) is 5.30. The lowest BCUT2D eigenvalue weighted by Crippen LogP contribution is -2.13. The molecule has 114 valence electrons. The minimum absolute atomic E-state index is 0.0412. The fraction of sp³-hybridized carbons (Fsp3) is 0.222. The molecule has 2 aromatic rings. The molecule has 4 nitrogen and oxygen atoms in total. The molecular weight excluding hydrogens is 276 g/mol. The van der Waals surface area contributed by atoms with Gasteiger partial charge in [0.25, 0.3) is 0 Å². The van der Waals surface area contributed by atoms with Gasteiger partial charge in [-0.2, -0.15) is 0 Å². The van der Waals surface area contributed by atoms with E-state index in [9.17, 15) is 9.59 Å². The van der Waals surface area contributed by atoms with Crippen molar-refractivity contribution in [3.05, 3.63) is 59.7 Å². The Bertz CT molecular complexity index is 663. The van der Waals surface area contributed by atoms with Crippen LogP contribution in [0.3, 0.4) is 0 Å². The highest BCUT2D eigenvalue weighted by atomic mass is 16.2. The molecule has 2 amide bonds. The zero-order valence-corrected chi connectivity index (χ0v) is 12.8. The van der Waals surface area contributed by atoms with E-state index >= 15 is 0 Å². The van der Waals surface area contributed by atoms with E-state index in [2.05, 4.69) is 10.6 Å². The highest BCUT2D eigenvalue weighted by Crippen LogP contribution is 2.15. The minimum atomic E-state index is -0.136. The number of hydrogen-bond acceptors (Lipinski definition) is 2. The van der Waals surface area contributed by atoms with Crippen LogP contribution in [-0.2, 0) is 16.0 Å². The van der Waals surface area contributed by atoms with E-state index in [1.807, 2.05) is 31.2 Å². The van der Waals surface area contributed by atoms with Crippen LogP contribution in [0.1, 0.15) is 24.5 Å². The zero-order chi connectivity index (χ0) is 15.9. The third-order valence-electron chi connectivity index (χ3n) is 3.23. The SMILES string of the molecule is CC(=O)Nc1cccc(NC(=O)CCc2ccc(C)cc2)c1. The van der Waals surface area contributed by atoms with E-state index in [0.717, 1.165) is 5.56 Å². The van der Waals surface area contributed by atoms with Crippen LogP contribution < -0.4 is 10.6 Å². The minimum Gasteiger partial charge on any atom is -0.326 e. The Hall–Kier alpha value is -2.62. The second-order valence-corrected chi connectivity index (χ2v) is 5.30. The van der Waals surface area contributed by atoms with E-state index in [1.54, 1.807) is 24.3 Å². The fourth-order valence-corrected chi connectivity index (χ4v) is 2.11. The molecule has 4 heteroatoms. The summed E-state index contributed by atoms with van der Waals surface area (Å²) in [5, 5.41) is 5.54. The molecule has 0 aliphatic rings. The van der Waals surface area contributed by atoms with Crippen molar-refractivity contribution in [1.82, 2.24) is 0 Å². The highest BCUT2D eigenvalue weighted by Gasteiger charge is 2.04. The van der Waals surface area contributed by atoms with E-state index in [4.69, 9.17) is 0 Å². The molecule has 0 atom stereocenters. The summed E-state index contributed by atoms with van der Waals surface area (Å²) in [5.74, 6) is -0.177. The number of anilines is 2. The molecule has 0 spiro atoms. The van der Waals surface area contributed by atoms with Crippen molar-refractivity contribution in [2.45, 2.75) is 26.7 Å². The van der Waals surface area contributed by atoms with Gasteiger partial charge in [0.2, 0.25) is 11.8 Å². The van der Waals surface area contributed by atoms with Gasteiger partial charge in [-0.15, -0.1) is 0 Å². The summed E-state index contributed by atoms with van der Waals surface area (Å²) >= 11 is 0. The lowest BCUT2D eigenvalue weighted by Gasteiger charge is -2.08. The van der Waals surface area contributed by atoms with Gasteiger partial charge in [-0.05, 0) is 37.1 Å². The van der Waals surface area contributed by atoms with Crippen molar-refractivity contribution in [3.8, 4) is 0 Å². The molecule has 0 unspecified atom stereocenters. The maximum atomic E-state index is 12.0. The molecule has 2 rings (SSSR count). The summed E-state index contributed by atoms with van der Waals surface area (Å²) in [6, 6.07) is 15.3. The maximum absolute atomic E-state index is 12.0.